The fraction of sp³-hybridized carbons (Fsp3) is 0.500. The van der Waals surface area contributed by atoms with Crippen LogP contribution in [0.4, 0.5) is 0 Å². The van der Waals surface area contributed by atoms with Gasteiger partial charge in [0.05, 0.1) is 5.56 Å². The van der Waals surface area contributed by atoms with Crippen LogP contribution in [0.25, 0.3) is 0 Å². The molecule has 0 aromatic heterocycles. The Balaban J connectivity index is 2.49. The lowest BCUT2D eigenvalue weighted by molar-refractivity contribution is 0.0950. The second-order valence-electron chi connectivity index (χ2n) is 4.81. The van der Waals surface area contributed by atoms with E-state index in [1.165, 1.54) is 0 Å². The number of phenols is 1. The number of nitrogens with one attached hydrogen (secondary N) is 1. The summed E-state index contributed by atoms with van der Waals surface area (Å²) < 4.78 is 0. The van der Waals surface area contributed by atoms with Gasteiger partial charge in [0.15, 0.2) is 0 Å². The summed E-state index contributed by atoms with van der Waals surface area (Å²) in [4.78, 5) is 11.8. The topological polar surface area (TPSA) is 49.3 Å². The average molecular weight is 235 g/mol. The van der Waals surface area contributed by atoms with Crippen LogP contribution in [0.5, 0.6) is 5.75 Å². The highest BCUT2D eigenvalue weighted by atomic mass is 16.3. The molecular formula is C14H21NO2. The Morgan fingerprint density at radius 1 is 1.41 bits per heavy atom. The molecule has 2 N–H and O–H groups in total. The Kier molecular flexibility index (Phi) is 5.01. The lowest BCUT2D eigenvalue weighted by Gasteiger charge is -2.08. The normalized spacial score (nSPS) is 10.6. The zero-order valence-corrected chi connectivity index (χ0v) is 10.8. The van der Waals surface area contributed by atoms with E-state index in [0.717, 1.165) is 18.4 Å². The van der Waals surface area contributed by atoms with Gasteiger partial charge >= 0.3 is 0 Å². The second-order valence-corrected chi connectivity index (χ2v) is 4.81. The number of benzene rings is 1. The van der Waals surface area contributed by atoms with Crippen LogP contribution < -0.4 is 5.32 Å². The molecule has 94 valence electrons. The largest absolute Gasteiger partial charge is 0.507 e. The average Bonchev–Trinajstić information content (AvgIpc) is 2.27. The first-order valence-electron chi connectivity index (χ1n) is 6.08. The van der Waals surface area contributed by atoms with E-state index in [2.05, 4.69) is 19.2 Å². The highest BCUT2D eigenvalue weighted by Gasteiger charge is 2.10. The molecule has 17 heavy (non-hydrogen) atoms. The smallest absolute Gasteiger partial charge is 0.255 e. The molecule has 0 bridgehead atoms. The minimum Gasteiger partial charge on any atom is -0.507 e. The number of aromatic hydroxyl groups is 1. The van der Waals surface area contributed by atoms with Gasteiger partial charge in [-0.25, -0.2) is 0 Å². The standard InChI is InChI=1S/C14H21NO2/c1-10(2)5-4-8-15-14(17)12-9-11(3)6-7-13(12)16/h6-7,9-10,16H,4-5,8H2,1-3H3,(H,15,17). The molecule has 0 atom stereocenters. The minimum absolute atomic E-state index is 0.0389. The fourth-order valence-corrected chi connectivity index (χ4v) is 1.64. The number of amides is 1. The lowest BCUT2D eigenvalue weighted by Crippen LogP contribution is -2.24. The lowest BCUT2D eigenvalue weighted by atomic mass is 10.1. The van der Waals surface area contributed by atoms with Crippen molar-refractivity contribution in [2.24, 2.45) is 5.92 Å². The van der Waals surface area contributed by atoms with Crippen molar-refractivity contribution in [3.63, 3.8) is 0 Å². The monoisotopic (exact) mass is 235 g/mol. The van der Waals surface area contributed by atoms with Crippen molar-refractivity contribution >= 4 is 5.91 Å². The third-order valence-electron chi connectivity index (χ3n) is 2.64. The van der Waals surface area contributed by atoms with Crippen molar-refractivity contribution in [3.05, 3.63) is 29.3 Å². The summed E-state index contributed by atoms with van der Waals surface area (Å²) in [5.41, 5.74) is 1.32. The number of hydrogen-bond acceptors (Lipinski definition) is 2. The van der Waals surface area contributed by atoms with E-state index in [4.69, 9.17) is 0 Å². The van der Waals surface area contributed by atoms with Crippen LogP contribution in [-0.2, 0) is 0 Å². The molecule has 0 aliphatic rings. The minimum atomic E-state index is -0.199. The molecule has 0 saturated carbocycles. The number of hydrogen-bond donors (Lipinski definition) is 2. The molecule has 1 rings (SSSR count). The molecule has 0 fully saturated rings. The molecule has 1 aromatic carbocycles. The Bertz CT molecular complexity index is 386. The molecule has 0 unspecified atom stereocenters. The molecule has 3 heteroatoms. The Hall–Kier alpha value is -1.51. The molecule has 3 nitrogen and oxygen atoms in total. The Labute approximate surface area is 103 Å². The van der Waals surface area contributed by atoms with E-state index < -0.39 is 0 Å². The zero-order valence-electron chi connectivity index (χ0n) is 10.8. The third-order valence-corrected chi connectivity index (χ3v) is 2.64. The summed E-state index contributed by atoms with van der Waals surface area (Å²) in [6, 6.07) is 5.04. The number of carbonyl (C=O) groups is 1. The van der Waals surface area contributed by atoms with Gasteiger partial charge < -0.3 is 10.4 Å². The summed E-state index contributed by atoms with van der Waals surface area (Å²) >= 11 is 0. The predicted molar refractivity (Wildman–Crippen MR) is 69.2 cm³/mol. The molecule has 0 aliphatic carbocycles. The van der Waals surface area contributed by atoms with Gasteiger partial charge in [-0.1, -0.05) is 25.5 Å². The van der Waals surface area contributed by atoms with E-state index in [1.807, 2.05) is 6.92 Å². The number of rotatable bonds is 5. The van der Waals surface area contributed by atoms with Crippen molar-refractivity contribution < 1.29 is 9.90 Å². The van der Waals surface area contributed by atoms with Crippen molar-refractivity contribution in [2.75, 3.05) is 6.54 Å². The molecular weight excluding hydrogens is 214 g/mol. The van der Waals surface area contributed by atoms with Crippen LogP contribution in [-0.4, -0.2) is 17.6 Å². The first kappa shape index (κ1) is 13.6. The van der Waals surface area contributed by atoms with E-state index in [9.17, 15) is 9.90 Å². The van der Waals surface area contributed by atoms with Gasteiger partial charge in [0.2, 0.25) is 0 Å². The first-order chi connectivity index (χ1) is 8.00. The van der Waals surface area contributed by atoms with E-state index in [0.29, 0.717) is 18.0 Å². The molecule has 0 aliphatic heterocycles. The summed E-state index contributed by atoms with van der Waals surface area (Å²) in [6.07, 6.45) is 2.07. The first-order valence-corrected chi connectivity index (χ1v) is 6.08. The van der Waals surface area contributed by atoms with Crippen LogP contribution in [0.3, 0.4) is 0 Å². The molecule has 1 aromatic rings. The van der Waals surface area contributed by atoms with Gasteiger partial charge in [-0.2, -0.15) is 0 Å². The quantitative estimate of drug-likeness (QED) is 0.771. The second kappa shape index (κ2) is 6.28. The van der Waals surface area contributed by atoms with Crippen LogP contribution in [0, 0.1) is 12.8 Å². The van der Waals surface area contributed by atoms with Gasteiger partial charge in [-0.05, 0) is 37.8 Å². The van der Waals surface area contributed by atoms with E-state index >= 15 is 0 Å². The van der Waals surface area contributed by atoms with Gasteiger partial charge in [0, 0.05) is 6.54 Å². The van der Waals surface area contributed by atoms with Crippen molar-refractivity contribution in [2.45, 2.75) is 33.6 Å². The van der Waals surface area contributed by atoms with Crippen LogP contribution in [0.15, 0.2) is 18.2 Å². The van der Waals surface area contributed by atoms with Gasteiger partial charge in [0.25, 0.3) is 5.91 Å². The molecule has 0 heterocycles. The summed E-state index contributed by atoms with van der Waals surface area (Å²) in [6.45, 7) is 6.88. The molecule has 0 spiro atoms. The maximum Gasteiger partial charge on any atom is 0.255 e. The van der Waals surface area contributed by atoms with Crippen molar-refractivity contribution in [1.29, 1.82) is 0 Å². The predicted octanol–water partition coefficient (Wildman–Crippen LogP) is 2.87. The highest BCUT2D eigenvalue weighted by molar-refractivity contribution is 5.96. The van der Waals surface area contributed by atoms with Crippen LogP contribution in [0.2, 0.25) is 0 Å². The fourth-order valence-electron chi connectivity index (χ4n) is 1.64. The summed E-state index contributed by atoms with van der Waals surface area (Å²) in [5.74, 6) is 0.492. The summed E-state index contributed by atoms with van der Waals surface area (Å²) in [7, 11) is 0. The highest BCUT2D eigenvalue weighted by Crippen LogP contribution is 2.17. The SMILES string of the molecule is Cc1ccc(O)c(C(=O)NCCCC(C)C)c1. The summed E-state index contributed by atoms with van der Waals surface area (Å²) in [5, 5.41) is 12.4. The Morgan fingerprint density at radius 3 is 2.76 bits per heavy atom. The van der Waals surface area contributed by atoms with Gasteiger partial charge in [0.1, 0.15) is 5.75 Å². The van der Waals surface area contributed by atoms with Crippen LogP contribution in [0.1, 0.15) is 42.6 Å². The van der Waals surface area contributed by atoms with Crippen LogP contribution >= 0.6 is 0 Å². The maximum absolute atomic E-state index is 11.8. The van der Waals surface area contributed by atoms with Crippen molar-refractivity contribution in [3.8, 4) is 5.75 Å². The zero-order chi connectivity index (χ0) is 12.8. The van der Waals surface area contributed by atoms with Gasteiger partial charge in [-0.15, -0.1) is 0 Å². The van der Waals surface area contributed by atoms with E-state index in [-0.39, 0.29) is 11.7 Å². The number of aryl methyl sites for hydroxylation is 1. The number of phenolic OH excluding ortho intramolecular Hbond substituents is 1. The molecule has 0 radical (unpaired) electrons. The van der Waals surface area contributed by atoms with E-state index in [1.54, 1.807) is 18.2 Å². The van der Waals surface area contributed by atoms with Gasteiger partial charge in [-0.3, -0.25) is 4.79 Å². The number of carbonyl (C=O) groups excluding carboxylic acids is 1. The maximum atomic E-state index is 11.8. The molecule has 0 saturated heterocycles. The third kappa shape index (κ3) is 4.47. The Morgan fingerprint density at radius 2 is 2.12 bits per heavy atom. The van der Waals surface area contributed by atoms with Crippen molar-refractivity contribution in [1.82, 2.24) is 5.32 Å². The molecule has 1 amide bonds.